The average molecular weight is 456 g/mol. The zero-order chi connectivity index (χ0) is 23.7. The van der Waals surface area contributed by atoms with E-state index in [0.717, 1.165) is 27.7 Å². The second-order valence-electron chi connectivity index (χ2n) is 8.50. The van der Waals surface area contributed by atoms with Gasteiger partial charge in [-0.15, -0.1) is 0 Å². The Labute approximate surface area is 192 Å². The lowest BCUT2D eigenvalue weighted by Gasteiger charge is -2.11. The number of hydrogen-bond donors (Lipinski definition) is 1. The normalized spacial score (nSPS) is 11.8. The molecule has 34 heavy (non-hydrogen) atoms. The first-order valence-corrected chi connectivity index (χ1v) is 10.7. The van der Waals surface area contributed by atoms with Crippen molar-refractivity contribution in [3.05, 3.63) is 65.2 Å². The fourth-order valence-electron chi connectivity index (χ4n) is 4.55. The summed E-state index contributed by atoms with van der Waals surface area (Å²) in [7, 11) is 7.31. The van der Waals surface area contributed by atoms with Gasteiger partial charge in [-0.1, -0.05) is 0 Å². The number of imidazole rings is 2. The summed E-state index contributed by atoms with van der Waals surface area (Å²) in [5.41, 5.74) is 5.07. The van der Waals surface area contributed by atoms with E-state index in [1.807, 2.05) is 48.0 Å². The highest BCUT2D eigenvalue weighted by atomic mass is 19.1. The largest absolute Gasteiger partial charge is 0.361 e. The molecule has 9 nitrogen and oxygen atoms in total. The van der Waals surface area contributed by atoms with Crippen LogP contribution in [0.25, 0.3) is 50.2 Å². The Kier molecular flexibility index (Phi) is 4.16. The van der Waals surface area contributed by atoms with Gasteiger partial charge >= 0.3 is 5.69 Å². The number of nitrogens with zero attached hydrogens (tertiary/aromatic N) is 7. The van der Waals surface area contributed by atoms with Crippen LogP contribution in [0, 0.1) is 5.82 Å². The van der Waals surface area contributed by atoms with Crippen molar-refractivity contribution in [3.63, 3.8) is 0 Å². The van der Waals surface area contributed by atoms with Gasteiger partial charge in [-0.05, 0) is 36.4 Å². The molecule has 10 heteroatoms. The molecule has 1 N–H and O–H groups in total. The molecule has 170 valence electrons. The second kappa shape index (κ2) is 7.01. The quantitative estimate of drug-likeness (QED) is 0.441. The van der Waals surface area contributed by atoms with Crippen LogP contribution in [0.2, 0.25) is 0 Å². The maximum absolute atomic E-state index is 13.8. The molecule has 0 saturated heterocycles. The third kappa shape index (κ3) is 2.71. The molecule has 0 radical (unpaired) electrons. The standard InChI is InChI=1S/C24H21FN8O/c1-30(2)22-20-23(28-12-27-22)33(14-6-8-18-19(10-14)32(4)24(34)31(18)3)21(29-20)16-11-26-17-9-13(25)5-7-15(16)17/h5-12,26H,1-4H3. The van der Waals surface area contributed by atoms with E-state index in [1.54, 1.807) is 29.3 Å². The highest BCUT2D eigenvalue weighted by Crippen LogP contribution is 2.35. The van der Waals surface area contributed by atoms with Crippen LogP contribution >= 0.6 is 0 Å². The molecule has 0 spiro atoms. The Morgan fingerprint density at radius 3 is 2.59 bits per heavy atom. The predicted octanol–water partition coefficient (Wildman–Crippen LogP) is 3.36. The van der Waals surface area contributed by atoms with Gasteiger partial charge in [0, 0.05) is 50.9 Å². The van der Waals surface area contributed by atoms with Crippen LogP contribution in [-0.2, 0) is 14.1 Å². The van der Waals surface area contributed by atoms with Crippen molar-refractivity contribution in [1.29, 1.82) is 0 Å². The zero-order valence-electron chi connectivity index (χ0n) is 19.0. The van der Waals surface area contributed by atoms with Gasteiger partial charge in [0.2, 0.25) is 0 Å². The van der Waals surface area contributed by atoms with Crippen molar-refractivity contribution >= 4 is 38.9 Å². The fraction of sp³-hybridized carbons (Fsp3) is 0.167. The summed E-state index contributed by atoms with van der Waals surface area (Å²) in [5, 5.41) is 0.838. The van der Waals surface area contributed by atoms with Crippen molar-refractivity contribution < 1.29 is 4.39 Å². The van der Waals surface area contributed by atoms with Crippen LogP contribution < -0.4 is 10.6 Å². The van der Waals surface area contributed by atoms with Crippen LogP contribution in [0.5, 0.6) is 0 Å². The first-order valence-electron chi connectivity index (χ1n) is 10.7. The van der Waals surface area contributed by atoms with Crippen molar-refractivity contribution in [2.24, 2.45) is 14.1 Å². The molecule has 0 unspecified atom stereocenters. The molecular formula is C24H21FN8O. The molecule has 0 fully saturated rings. The smallest absolute Gasteiger partial charge is 0.328 e. The molecule has 0 aliphatic carbocycles. The third-order valence-corrected chi connectivity index (χ3v) is 6.25. The fourth-order valence-corrected chi connectivity index (χ4v) is 4.55. The summed E-state index contributed by atoms with van der Waals surface area (Å²) in [6.07, 6.45) is 3.34. The Hall–Kier alpha value is -4.47. The van der Waals surface area contributed by atoms with Gasteiger partial charge in [-0.3, -0.25) is 13.7 Å². The molecule has 6 aromatic rings. The van der Waals surface area contributed by atoms with Gasteiger partial charge in [-0.2, -0.15) is 0 Å². The number of benzene rings is 2. The number of H-pyrrole nitrogens is 1. The Morgan fingerprint density at radius 1 is 1.00 bits per heavy atom. The molecule has 4 aromatic heterocycles. The lowest BCUT2D eigenvalue weighted by atomic mass is 10.1. The van der Waals surface area contributed by atoms with Crippen LogP contribution in [-0.4, -0.2) is 47.7 Å². The number of aromatic amines is 1. The van der Waals surface area contributed by atoms with Crippen molar-refractivity contribution in [1.82, 2.24) is 33.6 Å². The van der Waals surface area contributed by atoms with Crippen molar-refractivity contribution in [3.8, 4) is 17.1 Å². The third-order valence-electron chi connectivity index (χ3n) is 6.25. The van der Waals surface area contributed by atoms with E-state index in [4.69, 9.17) is 4.98 Å². The summed E-state index contributed by atoms with van der Waals surface area (Å²) >= 11 is 0. The SMILES string of the molecule is CN(C)c1ncnc2c1nc(-c1c[nH]c3cc(F)ccc13)n2-c1ccc2c(c1)n(C)c(=O)n2C. The molecule has 2 aromatic carbocycles. The van der Waals surface area contributed by atoms with E-state index in [2.05, 4.69) is 15.0 Å². The molecular weight excluding hydrogens is 435 g/mol. The number of rotatable bonds is 3. The van der Waals surface area contributed by atoms with E-state index in [9.17, 15) is 9.18 Å². The summed E-state index contributed by atoms with van der Waals surface area (Å²) in [5.74, 6) is 1.01. The lowest BCUT2D eigenvalue weighted by Crippen LogP contribution is -2.19. The molecule has 0 aliphatic rings. The molecule has 6 rings (SSSR count). The monoisotopic (exact) mass is 456 g/mol. The van der Waals surface area contributed by atoms with E-state index in [-0.39, 0.29) is 11.5 Å². The lowest BCUT2D eigenvalue weighted by molar-refractivity contribution is 0.629. The number of halogens is 1. The molecule has 0 amide bonds. The minimum Gasteiger partial charge on any atom is -0.361 e. The summed E-state index contributed by atoms with van der Waals surface area (Å²) in [4.78, 5) is 31.5. The maximum Gasteiger partial charge on any atom is 0.328 e. The van der Waals surface area contributed by atoms with Gasteiger partial charge in [0.1, 0.15) is 18.0 Å². The van der Waals surface area contributed by atoms with Crippen molar-refractivity contribution in [2.45, 2.75) is 0 Å². The van der Waals surface area contributed by atoms with Crippen LogP contribution in [0.1, 0.15) is 0 Å². The average Bonchev–Trinajstić information content (AvgIpc) is 3.47. The van der Waals surface area contributed by atoms with Crippen LogP contribution in [0.4, 0.5) is 10.2 Å². The van der Waals surface area contributed by atoms with E-state index >= 15 is 0 Å². The van der Waals surface area contributed by atoms with Gasteiger partial charge in [0.25, 0.3) is 0 Å². The van der Waals surface area contributed by atoms with Gasteiger partial charge < -0.3 is 9.88 Å². The zero-order valence-corrected chi connectivity index (χ0v) is 19.0. The number of nitrogens with one attached hydrogen (secondary N) is 1. The number of aromatic nitrogens is 7. The minimum atomic E-state index is -0.314. The Balaban J connectivity index is 1.72. The molecule has 0 saturated carbocycles. The van der Waals surface area contributed by atoms with Crippen LogP contribution in [0.3, 0.4) is 0 Å². The number of anilines is 1. The topological polar surface area (TPSA) is 89.6 Å². The molecule has 0 bridgehead atoms. The maximum atomic E-state index is 13.8. The number of fused-ring (bicyclic) bond motifs is 3. The van der Waals surface area contributed by atoms with Gasteiger partial charge in [-0.25, -0.2) is 24.1 Å². The Bertz CT molecular complexity index is 1800. The summed E-state index contributed by atoms with van der Waals surface area (Å²) in [6.45, 7) is 0. The molecule has 0 atom stereocenters. The van der Waals surface area contributed by atoms with E-state index in [0.29, 0.717) is 28.3 Å². The predicted molar refractivity (Wildman–Crippen MR) is 130 cm³/mol. The van der Waals surface area contributed by atoms with E-state index < -0.39 is 0 Å². The van der Waals surface area contributed by atoms with Crippen molar-refractivity contribution in [2.75, 3.05) is 19.0 Å². The number of hydrogen-bond acceptors (Lipinski definition) is 5. The molecule has 0 aliphatic heterocycles. The highest BCUT2D eigenvalue weighted by molar-refractivity contribution is 5.97. The Morgan fingerprint density at radius 2 is 1.79 bits per heavy atom. The minimum absolute atomic E-state index is 0.0984. The van der Waals surface area contributed by atoms with E-state index in [1.165, 1.54) is 18.5 Å². The highest BCUT2D eigenvalue weighted by Gasteiger charge is 2.22. The summed E-state index contributed by atoms with van der Waals surface area (Å²) < 4.78 is 19.0. The molecule has 4 heterocycles. The summed E-state index contributed by atoms with van der Waals surface area (Å²) in [6, 6.07) is 10.4. The van der Waals surface area contributed by atoms with Crippen LogP contribution in [0.15, 0.2) is 53.7 Å². The second-order valence-corrected chi connectivity index (χ2v) is 8.50. The van der Waals surface area contributed by atoms with Gasteiger partial charge in [0.05, 0.1) is 16.7 Å². The first kappa shape index (κ1) is 20.2. The number of aryl methyl sites for hydroxylation is 2. The van der Waals surface area contributed by atoms with Gasteiger partial charge in [0.15, 0.2) is 17.0 Å². The first-order chi connectivity index (χ1) is 16.3.